The summed E-state index contributed by atoms with van der Waals surface area (Å²) in [6, 6.07) is 5.61. The van der Waals surface area contributed by atoms with E-state index in [0.717, 1.165) is 18.4 Å². The summed E-state index contributed by atoms with van der Waals surface area (Å²) in [7, 11) is 0. The topological polar surface area (TPSA) is 29.5 Å². The van der Waals surface area contributed by atoms with Crippen molar-refractivity contribution in [2.75, 3.05) is 6.54 Å². The highest BCUT2D eigenvalue weighted by molar-refractivity contribution is 5.76. The molecular formula is C13H14F3NO2. The molecule has 1 heterocycles. The lowest BCUT2D eigenvalue weighted by Crippen LogP contribution is -2.34. The minimum absolute atomic E-state index is 0.0990. The van der Waals surface area contributed by atoms with Crippen molar-refractivity contribution in [3.8, 4) is 5.75 Å². The summed E-state index contributed by atoms with van der Waals surface area (Å²) in [5.41, 5.74) is 0.796. The predicted molar refractivity (Wildman–Crippen MR) is 62.4 cm³/mol. The van der Waals surface area contributed by atoms with Gasteiger partial charge in [0, 0.05) is 19.5 Å². The first-order chi connectivity index (χ1) is 8.94. The van der Waals surface area contributed by atoms with E-state index in [-0.39, 0.29) is 11.7 Å². The number of rotatable bonds is 3. The molecule has 1 aromatic rings. The molecule has 1 aliphatic heterocycles. The minimum atomic E-state index is -4.68. The summed E-state index contributed by atoms with van der Waals surface area (Å²) >= 11 is 0. The van der Waals surface area contributed by atoms with Crippen LogP contribution in [0.15, 0.2) is 24.3 Å². The molecule has 0 radical (unpaired) electrons. The van der Waals surface area contributed by atoms with Crippen LogP contribution in [0.2, 0.25) is 0 Å². The lowest BCUT2D eigenvalue weighted by molar-refractivity contribution is -0.274. The highest BCUT2D eigenvalue weighted by atomic mass is 19.4. The zero-order valence-corrected chi connectivity index (χ0v) is 10.2. The van der Waals surface area contributed by atoms with Crippen molar-refractivity contribution in [1.29, 1.82) is 0 Å². The van der Waals surface area contributed by atoms with Crippen LogP contribution in [-0.2, 0) is 11.3 Å². The highest BCUT2D eigenvalue weighted by Gasteiger charge is 2.31. The second kappa shape index (κ2) is 5.50. The van der Waals surface area contributed by atoms with Gasteiger partial charge in [-0.2, -0.15) is 0 Å². The van der Waals surface area contributed by atoms with Crippen LogP contribution in [0.25, 0.3) is 0 Å². The van der Waals surface area contributed by atoms with Crippen LogP contribution in [0.4, 0.5) is 13.2 Å². The molecule has 6 heteroatoms. The summed E-state index contributed by atoms with van der Waals surface area (Å²) in [5, 5.41) is 0. The molecule has 0 atom stereocenters. The molecule has 104 valence electrons. The van der Waals surface area contributed by atoms with E-state index in [2.05, 4.69) is 4.74 Å². The van der Waals surface area contributed by atoms with Crippen LogP contribution in [0, 0.1) is 0 Å². The van der Waals surface area contributed by atoms with Crippen LogP contribution >= 0.6 is 0 Å². The van der Waals surface area contributed by atoms with E-state index in [1.165, 1.54) is 12.1 Å². The van der Waals surface area contributed by atoms with Gasteiger partial charge < -0.3 is 9.64 Å². The maximum atomic E-state index is 12.0. The Labute approximate surface area is 109 Å². The second-order valence-corrected chi connectivity index (χ2v) is 4.46. The van der Waals surface area contributed by atoms with Crippen LogP contribution < -0.4 is 4.74 Å². The number of carbonyl (C=O) groups excluding carboxylic acids is 1. The Balaban J connectivity index is 1.96. The molecule has 0 unspecified atom stereocenters. The summed E-state index contributed by atoms with van der Waals surface area (Å²) in [6.45, 7) is 1.14. The van der Waals surface area contributed by atoms with Gasteiger partial charge >= 0.3 is 6.36 Å². The van der Waals surface area contributed by atoms with Crippen molar-refractivity contribution >= 4 is 5.91 Å². The van der Waals surface area contributed by atoms with Crippen molar-refractivity contribution < 1.29 is 22.7 Å². The molecule has 19 heavy (non-hydrogen) atoms. The molecule has 1 fully saturated rings. The van der Waals surface area contributed by atoms with E-state index in [4.69, 9.17) is 0 Å². The third-order valence-corrected chi connectivity index (χ3v) is 2.95. The number of halogens is 3. The van der Waals surface area contributed by atoms with Crippen molar-refractivity contribution in [2.45, 2.75) is 32.2 Å². The number of nitrogens with zero attached hydrogens (tertiary/aromatic N) is 1. The van der Waals surface area contributed by atoms with E-state index in [0.29, 0.717) is 19.5 Å². The molecule has 0 bridgehead atoms. The van der Waals surface area contributed by atoms with E-state index < -0.39 is 6.36 Å². The van der Waals surface area contributed by atoms with E-state index in [9.17, 15) is 18.0 Å². The van der Waals surface area contributed by atoms with Gasteiger partial charge in [0.1, 0.15) is 5.75 Å². The number of alkyl halides is 3. The maximum Gasteiger partial charge on any atom is 0.573 e. The summed E-state index contributed by atoms with van der Waals surface area (Å²) in [6.07, 6.45) is -2.24. The number of ether oxygens (including phenoxy) is 1. The Hall–Kier alpha value is -1.72. The standard InChI is InChI=1S/C13H14F3NO2/c14-13(15,16)19-11-6-4-10(5-7-11)9-17-8-2-1-3-12(17)18/h4-7H,1-3,8-9H2. The van der Waals surface area contributed by atoms with Crippen LogP contribution in [-0.4, -0.2) is 23.7 Å². The molecule has 1 aromatic carbocycles. The quantitative estimate of drug-likeness (QED) is 0.847. The summed E-state index contributed by atoms with van der Waals surface area (Å²) < 4.78 is 39.8. The number of hydrogen-bond acceptors (Lipinski definition) is 2. The van der Waals surface area contributed by atoms with Crippen molar-refractivity contribution in [3.05, 3.63) is 29.8 Å². The average Bonchev–Trinajstić information content (AvgIpc) is 2.33. The van der Waals surface area contributed by atoms with Crippen molar-refractivity contribution in [2.24, 2.45) is 0 Å². The molecule has 3 nitrogen and oxygen atoms in total. The van der Waals surface area contributed by atoms with Crippen LogP contribution in [0.1, 0.15) is 24.8 Å². The Morgan fingerprint density at radius 3 is 2.42 bits per heavy atom. The number of amides is 1. The first kappa shape index (κ1) is 13.7. The summed E-state index contributed by atoms with van der Waals surface area (Å²) in [4.78, 5) is 13.3. The van der Waals surface area contributed by atoms with Crippen LogP contribution in [0.5, 0.6) is 5.75 Å². The van der Waals surface area contributed by atoms with Gasteiger partial charge in [0.2, 0.25) is 5.91 Å². The third kappa shape index (κ3) is 4.15. The monoisotopic (exact) mass is 273 g/mol. The van der Waals surface area contributed by atoms with Gasteiger partial charge in [-0.05, 0) is 30.5 Å². The van der Waals surface area contributed by atoms with E-state index in [1.54, 1.807) is 17.0 Å². The normalized spacial score (nSPS) is 16.6. The summed E-state index contributed by atoms with van der Waals surface area (Å²) in [5.74, 6) is -0.150. The molecule has 1 amide bonds. The first-order valence-corrected chi connectivity index (χ1v) is 6.06. The predicted octanol–water partition coefficient (Wildman–Crippen LogP) is 3.10. The molecule has 1 aliphatic rings. The average molecular weight is 273 g/mol. The number of piperidine rings is 1. The van der Waals surface area contributed by atoms with Gasteiger partial charge in [0.25, 0.3) is 0 Å². The lowest BCUT2D eigenvalue weighted by atomic mass is 10.1. The van der Waals surface area contributed by atoms with Gasteiger partial charge in [-0.1, -0.05) is 12.1 Å². The molecule has 0 N–H and O–H groups in total. The zero-order chi connectivity index (χ0) is 13.9. The Morgan fingerprint density at radius 1 is 1.16 bits per heavy atom. The molecule has 0 saturated carbocycles. The number of hydrogen-bond donors (Lipinski definition) is 0. The molecule has 2 rings (SSSR count). The maximum absolute atomic E-state index is 12.0. The zero-order valence-electron chi connectivity index (χ0n) is 10.2. The third-order valence-electron chi connectivity index (χ3n) is 2.95. The smallest absolute Gasteiger partial charge is 0.406 e. The van der Waals surface area contributed by atoms with E-state index in [1.807, 2.05) is 0 Å². The van der Waals surface area contributed by atoms with E-state index >= 15 is 0 Å². The lowest BCUT2D eigenvalue weighted by Gasteiger charge is -2.26. The highest BCUT2D eigenvalue weighted by Crippen LogP contribution is 2.23. The molecule has 0 aromatic heterocycles. The fourth-order valence-electron chi connectivity index (χ4n) is 2.05. The molecule has 0 spiro atoms. The van der Waals surface area contributed by atoms with Crippen molar-refractivity contribution in [3.63, 3.8) is 0 Å². The number of likely N-dealkylation sites (tertiary alicyclic amines) is 1. The number of benzene rings is 1. The van der Waals surface area contributed by atoms with Gasteiger partial charge in [-0.15, -0.1) is 13.2 Å². The van der Waals surface area contributed by atoms with Gasteiger partial charge in [0.15, 0.2) is 0 Å². The minimum Gasteiger partial charge on any atom is -0.406 e. The van der Waals surface area contributed by atoms with Crippen LogP contribution in [0.3, 0.4) is 0 Å². The largest absolute Gasteiger partial charge is 0.573 e. The number of carbonyl (C=O) groups is 1. The van der Waals surface area contributed by atoms with Gasteiger partial charge in [-0.3, -0.25) is 4.79 Å². The Morgan fingerprint density at radius 2 is 1.84 bits per heavy atom. The Bertz CT molecular complexity index is 442. The fraction of sp³-hybridized carbons (Fsp3) is 0.462. The molecule has 1 saturated heterocycles. The van der Waals surface area contributed by atoms with Crippen molar-refractivity contribution in [1.82, 2.24) is 4.90 Å². The SMILES string of the molecule is O=C1CCCCN1Cc1ccc(OC(F)(F)F)cc1. The molecular weight excluding hydrogens is 259 g/mol. The first-order valence-electron chi connectivity index (χ1n) is 6.06. The van der Waals surface area contributed by atoms with Gasteiger partial charge in [0.05, 0.1) is 0 Å². The second-order valence-electron chi connectivity index (χ2n) is 4.46. The molecule has 0 aliphatic carbocycles. The van der Waals surface area contributed by atoms with Gasteiger partial charge in [-0.25, -0.2) is 0 Å². The fourth-order valence-corrected chi connectivity index (χ4v) is 2.05. The Kier molecular flexibility index (Phi) is 3.97.